The van der Waals surface area contributed by atoms with Crippen molar-refractivity contribution < 1.29 is 26.8 Å². The Kier molecular flexibility index (Phi) is 7.93. The van der Waals surface area contributed by atoms with Gasteiger partial charge in [-0.25, -0.2) is 27.1 Å². The number of carbonyl (C=O) groups is 1. The zero-order valence-electron chi connectivity index (χ0n) is 20.2. The maximum absolute atomic E-state index is 15.2. The number of fused-ring (bicyclic) bond motifs is 1. The van der Waals surface area contributed by atoms with E-state index < -0.39 is 33.3 Å². The Morgan fingerprint density at radius 3 is 2.40 bits per heavy atom. The largest absolute Gasteiger partial charge is 0.422 e. The number of sulfonamides is 1. The lowest BCUT2D eigenvalue weighted by molar-refractivity contribution is 0.172. The second kappa shape index (κ2) is 10.5. The Balaban J connectivity index is 2.09. The topological polar surface area (TPSA) is 109 Å². The summed E-state index contributed by atoms with van der Waals surface area (Å²) in [5.74, 6) is -0.992. The molecule has 3 rings (SSSR count). The van der Waals surface area contributed by atoms with Crippen LogP contribution in [0.5, 0.6) is 5.75 Å². The lowest BCUT2D eigenvalue weighted by Crippen LogP contribution is -2.25. The lowest BCUT2D eigenvalue weighted by atomic mass is 9.97. The van der Waals surface area contributed by atoms with E-state index in [-0.39, 0.29) is 34.4 Å². The van der Waals surface area contributed by atoms with Gasteiger partial charge in [0.1, 0.15) is 17.1 Å². The molecule has 1 N–H and O–H groups in total. The van der Waals surface area contributed by atoms with Crippen LogP contribution in [0.2, 0.25) is 0 Å². The number of benzene rings is 2. The summed E-state index contributed by atoms with van der Waals surface area (Å²) < 4.78 is 52.0. The zero-order chi connectivity index (χ0) is 25.9. The van der Waals surface area contributed by atoms with E-state index in [4.69, 9.17) is 9.15 Å². The number of ether oxygens (including phenoxy) is 1. The van der Waals surface area contributed by atoms with Crippen LogP contribution < -0.4 is 15.1 Å². The molecule has 0 bridgehead atoms. The standard InChI is InChI=1S/C24H28FN3O6S/c1-26-35(31,32)14-16-8-6-7-15(22(16)25)11-19-20(13-27(2)3)18-10-9-17(33-24(30)28(4)5)12-21(18)34-23(19)29/h6-10,12,26H,11,13-14H2,1-5H3. The monoisotopic (exact) mass is 505 g/mol. The molecule has 0 saturated heterocycles. The molecule has 0 aliphatic rings. The van der Waals surface area contributed by atoms with E-state index in [1.807, 2.05) is 19.0 Å². The van der Waals surface area contributed by atoms with E-state index in [1.54, 1.807) is 32.3 Å². The SMILES string of the molecule is CNS(=O)(=O)Cc1cccc(Cc2c(CN(C)C)c3ccc(OC(=O)N(C)C)cc3oc2=O)c1F. The van der Waals surface area contributed by atoms with Crippen LogP contribution in [0.4, 0.5) is 9.18 Å². The van der Waals surface area contributed by atoms with E-state index in [0.717, 1.165) is 0 Å². The highest BCUT2D eigenvalue weighted by atomic mass is 32.2. The minimum atomic E-state index is -3.68. The van der Waals surface area contributed by atoms with Gasteiger partial charge in [-0.3, -0.25) is 0 Å². The van der Waals surface area contributed by atoms with Gasteiger partial charge in [-0.05, 0) is 44.4 Å². The smallest absolute Gasteiger partial charge is 0.414 e. The maximum Gasteiger partial charge on any atom is 0.414 e. The molecule has 0 radical (unpaired) electrons. The van der Waals surface area contributed by atoms with Crippen LogP contribution in [0.1, 0.15) is 22.3 Å². The van der Waals surface area contributed by atoms with Crippen LogP contribution in [0.25, 0.3) is 11.0 Å². The quantitative estimate of drug-likeness (QED) is 0.469. The van der Waals surface area contributed by atoms with Gasteiger partial charge in [0, 0.05) is 49.6 Å². The Hall–Kier alpha value is -3.28. The molecule has 1 amide bonds. The second-order valence-electron chi connectivity index (χ2n) is 8.54. The molecule has 0 aliphatic heterocycles. The van der Waals surface area contributed by atoms with Crippen LogP contribution in [-0.2, 0) is 28.7 Å². The van der Waals surface area contributed by atoms with Crippen LogP contribution in [0, 0.1) is 5.82 Å². The van der Waals surface area contributed by atoms with Gasteiger partial charge in [0.2, 0.25) is 10.0 Å². The van der Waals surface area contributed by atoms with E-state index in [9.17, 15) is 18.0 Å². The lowest BCUT2D eigenvalue weighted by Gasteiger charge is -2.17. The number of amides is 1. The van der Waals surface area contributed by atoms with Gasteiger partial charge in [0.15, 0.2) is 0 Å². The minimum absolute atomic E-state index is 0.00327. The Bertz CT molecular complexity index is 1420. The molecule has 0 saturated carbocycles. The van der Waals surface area contributed by atoms with Crippen LogP contribution >= 0.6 is 0 Å². The first kappa shape index (κ1) is 26.3. The summed E-state index contributed by atoms with van der Waals surface area (Å²) in [6.07, 6.45) is -0.662. The normalized spacial score (nSPS) is 11.7. The predicted octanol–water partition coefficient (Wildman–Crippen LogP) is 2.69. The average molecular weight is 506 g/mol. The molecule has 2 aromatic carbocycles. The molecular weight excluding hydrogens is 477 g/mol. The maximum atomic E-state index is 15.2. The van der Waals surface area contributed by atoms with Crippen molar-refractivity contribution in [3.05, 3.63) is 74.9 Å². The predicted molar refractivity (Wildman–Crippen MR) is 130 cm³/mol. The Labute approximate surface area is 203 Å². The fourth-order valence-electron chi connectivity index (χ4n) is 3.56. The van der Waals surface area contributed by atoms with Crippen molar-refractivity contribution >= 4 is 27.1 Å². The molecular formula is C24H28FN3O6S. The van der Waals surface area contributed by atoms with Crippen molar-refractivity contribution in [2.45, 2.75) is 18.7 Å². The summed E-state index contributed by atoms with van der Waals surface area (Å²) in [7, 11) is 4.35. The summed E-state index contributed by atoms with van der Waals surface area (Å²) in [6, 6.07) is 9.21. The van der Waals surface area contributed by atoms with Crippen molar-refractivity contribution in [2.24, 2.45) is 0 Å². The summed E-state index contributed by atoms with van der Waals surface area (Å²) in [5.41, 5.74) is 0.656. The Morgan fingerprint density at radius 1 is 1.09 bits per heavy atom. The van der Waals surface area contributed by atoms with Crippen LogP contribution in [0.15, 0.2) is 45.6 Å². The molecule has 1 heterocycles. The molecule has 9 nitrogen and oxygen atoms in total. The first-order valence-electron chi connectivity index (χ1n) is 10.7. The molecule has 0 unspecified atom stereocenters. The number of rotatable bonds is 8. The van der Waals surface area contributed by atoms with Crippen molar-refractivity contribution in [2.75, 3.05) is 35.2 Å². The molecule has 35 heavy (non-hydrogen) atoms. The third-order valence-electron chi connectivity index (χ3n) is 5.32. The third kappa shape index (κ3) is 6.24. The van der Waals surface area contributed by atoms with Crippen molar-refractivity contribution in [3.63, 3.8) is 0 Å². The molecule has 0 fully saturated rings. The van der Waals surface area contributed by atoms with Crippen LogP contribution in [-0.4, -0.2) is 59.5 Å². The molecule has 188 valence electrons. The minimum Gasteiger partial charge on any atom is -0.422 e. The Morgan fingerprint density at radius 2 is 1.77 bits per heavy atom. The zero-order valence-corrected chi connectivity index (χ0v) is 21.0. The number of hydrogen-bond acceptors (Lipinski definition) is 7. The number of nitrogens with zero attached hydrogens (tertiary/aromatic N) is 2. The third-order valence-corrected chi connectivity index (χ3v) is 6.63. The number of carbonyl (C=O) groups excluding carboxylic acids is 1. The molecule has 0 atom stereocenters. The number of hydrogen-bond donors (Lipinski definition) is 1. The number of nitrogens with one attached hydrogen (secondary N) is 1. The highest BCUT2D eigenvalue weighted by molar-refractivity contribution is 7.88. The fraction of sp³-hybridized carbons (Fsp3) is 0.333. The summed E-state index contributed by atoms with van der Waals surface area (Å²) in [5, 5.41) is 0.618. The average Bonchev–Trinajstić information content (AvgIpc) is 2.77. The summed E-state index contributed by atoms with van der Waals surface area (Å²) in [6.45, 7) is 0.365. The first-order valence-corrected chi connectivity index (χ1v) is 12.4. The van der Waals surface area contributed by atoms with Gasteiger partial charge in [-0.1, -0.05) is 18.2 Å². The fourth-order valence-corrected chi connectivity index (χ4v) is 4.34. The van der Waals surface area contributed by atoms with Gasteiger partial charge >= 0.3 is 11.7 Å². The van der Waals surface area contributed by atoms with Crippen molar-refractivity contribution in [3.8, 4) is 5.75 Å². The molecule has 3 aromatic rings. The van der Waals surface area contributed by atoms with Gasteiger partial charge < -0.3 is 19.0 Å². The van der Waals surface area contributed by atoms with Gasteiger partial charge in [-0.2, -0.15) is 0 Å². The number of halogens is 1. The molecule has 11 heteroatoms. The highest BCUT2D eigenvalue weighted by Crippen LogP contribution is 2.28. The molecule has 1 aromatic heterocycles. The van der Waals surface area contributed by atoms with Crippen molar-refractivity contribution in [1.82, 2.24) is 14.5 Å². The van der Waals surface area contributed by atoms with E-state index in [2.05, 4.69) is 4.72 Å². The van der Waals surface area contributed by atoms with Crippen molar-refractivity contribution in [1.29, 1.82) is 0 Å². The highest BCUT2D eigenvalue weighted by Gasteiger charge is 2.21. The van der Waals surface area contributed by atoms with E-state index >= 15 is 4.39 Å². The van der Waals surface area contributed by atoms with Crippen LogP contribution in [0.3, 0.4) is 0 Å². The van der Waals surface area contributed by atoms with E-state index in [0.29, 0.717) is 17.5 Å². The van der Waals surface area contributed by atoms with Gasteiger partial charge in [-0.15, -0.1) is 0 Å². The van der Waals surface area contributed by atoms with E-state index in [1.165, 1.54) is 30.1 Å². The second-order valence-corrected chi connectivity index (χ2v) is 10.5. The first-order chi connectivity index (χ1) is 16.4. The molecule has 0 spiro atoms. The van der Waals surface area contributed by atoms with Gasteiger partial charge in [0.25, 0.3) is 0 Å². The van der Waals surface area contributed by atoms with Gasteiger partial charge in [0.05, 0.1) is 5.75 Å². The molecule has 0 aliphatic carbocycles. The summed E-state index contributed by atoms with van der Waals surface area (Å²) in [4.78, 5) is 28.0. The summed E-state index contributed by atoms with van der Waals surface area (Å²) >= 11 is 0.